The van der Waals surface area contributed by atoms with Crippen LogP contribution in [-0.4, -0.2) is 55.4 Å². The van der Waals surface area contributed by atoms with Crippen molar-refractivity contribution in [3.63, 3.8) is 0 Å². The average molecular weight is 379 g/mol. The number of ether oxygens (including phenoxy) is 2. The van der Waals surface area contributed by atoms with Gasteiger partial charge in [0.1, 0.15) is 6.61 Å². The lowest BCUT2D eigenvalue weighted by atomic mass is 9.73. The van der Waals surface area contributed by atoms with Gasteiger partial charge < -0.3 is 14.8 Å². The lowest BCUT2D eigenvalue weighted by Crippen LogP contribution is -2.42. The van der Waals surface area contributed by atoms with Crippen LogP contribution in [0, 0.1) is 11.8 Å². The van der Waals surface area contributed by atoms with Gasteiger partial charge in [-0.15, -0.1) is 0 Å². The van der Waals surface area contributed by atoms with Crippen molar-refractivity contribution in [1.29, 1.82) is 0 Å². The Morgan fingerprint density at radius 2 is 2.38 bits per heavy atom. The van der Waals surface area contributed by atoms with Gasteiger partial charge in [0, 0.05) is 49.6 Å². The molecule has 6 heteroatoms. The number of rotatable bonds is 7. The summed E-state index contributed by atoms with van der Waals surface area (Å²) in [5.74, 6) is 0.865. The maximum atomic E-state index is 11.9. The molecule has 1 spiro atoms. The molecule has 0 saturated carbocycles. The first-order chi connectivity index (χ1) is 12.6. The Labute approximate surface area is 160 Å². The van der Waals surface area contributed by atoms with Crippen LogP contribution < -0.4 is 5.32 Å². The van der Waals surface area contributed by atoms with E-state index in [1.165, 1.54) is 5.56 Å². The fourth-order valence-electron chi connectivity index (χ4n) is 5.05. The molecule has 3 aliphatic rings. The molecule has 1 aromatic rings. The molecule has 4 rings (SSSR count). The van der Waals surface area contributed by atoms with Crippen molar-refractivity contribution in [3.05, 3.63) is 34.9 Å². The number of hydrogen-bond acceptors (Lipinski definition) is 4. The van der Waals surface area contributed by atoms with Crippen LogP contribution in [0.15, 0.2) is 24.3 Å². The molecule has 3 aliphatic heterocycles. The molecular weight excluding hydrogens is 352 g/mol. The maximum Gasteiger partial charge on any atom is 0.246 e. The highest BCUT2D eigenvalue weighted by atomic mass is 35.5. The molecule has 1 aromatic carbocycles. The van der Waals surface area contributed by atoms with Crippen molar-refractivity contribution in [2.75, 3.05) is 32.8 Å². The van der Waals surface area contributed by atoms with Gasteiger partial charge in [0.05, 0.1) is 11.7 Å². The molecule has 4 atom stereocenters. The zero-order chi connectivity index (χ0) is 18.1. The third-order valence-electron chi connectivity index (χ3n) is 6.12. The van der Waals surface area contributed by atoms with Crippen molar-refractivity contribution < 1.29 is 14.3 Å². The first-order valence-electron chi connectivity index (χ1n) is 9.59. The smallest absolute Gasteiger partial charge is 0.246 e. The summed E-state index contributed by atoms with van der Waals surface area (Å²) in [6, 6.07) is 8.08. The molecule has 0 aromatic heterocycles. The normalized spacial score (nSPS) is 32.8. The highest BCUT2D eigenvalue weighted by Crippen LogP contribution is 2.54. The average Bonchev–Trinajstić information content (AvgIpc) is 3.26. The lowest BCUT2D eigenvalue weighted by molar-refractivity contribution is -0.125. The second kappa shape index (κ2) is 7.47. The quantitative estimate of drug-likeness (QED) is 0.792. The molecule has 26 heavy (non-hydrogen) atoms. The molecule has 3 heterocycles. The number of halogens is 1. The van der Waals surface area contributed by atoms with Crippen LogP contribution in [0.2, 0.25) is 5.02 Å². The van der Waals surface area contributed by atoms with E-state index in [2.05, 4.69) is 16.3 Å². The summed E-state index contributed by atoms with van der Waals surface area (Å²) >= 11 is 6.12. The zero-order valence-electron chi connectivity index (χ0n) is 15.2. The molecule has 0 unspecified atom stereocenters. The molecule has 1 N–H and O–H groups in total. The molecule has 0 radical (unpaired) electrons. The van der Waals surface area contributed by atoms with Crippen LogP contribution in [0.3, 0.4) is 0 Å². The summed E-state index contributed by atoms with van der Waals surface area (Å²) in [6.07, 6.45) is 2.53. The minimum atomic E-state index is -0.0301. The Bertz CT molecular complexity index is 670. The van der Waals surface area contributed by atoms with E-state index in [-0.39, 0.29) is 18.1 Å². The summed E-state index contributed by atoms with van der Waals surface area (Å²) in [5.41, 5.74) is 1.23. The summed E-state index contributed by atoms with van der Waals surface area (Å²) in [4.78, 5) is 14.4. The van der Waals surface area contributed by atoms with Crippen molar-refractivity contribution in [2.24, 2.45) is 11.8 Å². The zero-order valence-corrected chi connectivity index (χ0v) is 16.0. The van der Waals surface area contributed by atoms with Crippen molar-refractivity contribution in [3.8, 4) is 0 Å². The SMILES string of the molecule is CCOCC(=O)NC[C@H]1[C@H]2CN(Cc3cccc(Cl)c3)C[C@]23CC[C@H]1O3. The highest BCUT2D eigenvalue weighted by Gasteiger charge is 2.62. The van der Waals surface area contributed by atoms with Gasteiger partial charge in [-0.25, -0.2) is 0 Å². The van der Waals surface area contributed by atoms with E-state index < -0.39 is 0 Å². The Morgan fingerprint density at radius 1 is 1.50 bits per heavy atom. The third-order valence-corrected chi connectivity index (χ3v) is 6.36. The molecule has 3 saturated heterocycles. The summed E-state index contributed by atoms with van der Waals surface area (Å²) in [7, 11) is 0. The molecule has 2 bridgehead atoms. The summed E-state index contributed by atoms with van der Waals surface area (Å²) in [5, 5.41) is 3.83. The minimum absolute atomic E-state index is 0.0153. The van der Waals surface area contributed by atoms with Crippen LogP contribution >= 0.6 is 11.6 Å². The van der Waals surface area contributed by atoms with Gasteiger partial charge in [0.25, 0.3) is 0 Å². The van der Waals surface area contributed by atoms with E-state index in [1.807, 2.05) is 25.1 Å². The predicted octanol–water partition coefficient (Wildman–Crippen LogP) is 2.47. The minimum Gasteiger partial charge on any atom is -0.372 e. The molecule has 3 fully saturated rings. The van der Waals surface area contributed by atoms with Gasteiger partial charge in [-0.05, 0) is 37.5 Å². The number of hydrogen-bond donors (Lipinski definition) is 1. The lowest BCUT2D eigenvalue weighted by Gasteiger charge is -2.29. The van der Waals surface area contributed by atoms with Crippen LogP contribution in [0.4, 0.5) is 0 Å². The monoisotopic (exact) mass is 378 g/mol. The van der Waals surface area contributed by atoms with Crippen molar-refractivity contribution in [1.82, 2.24) is 10.2 Å². The van der Waals surface area contributed by atoms with Crippen LogP contribution in [0.25, 0.3) is 0 Å². The van der Waals surface area contributed by atoms with E-state index >= 15 is 0 Å². The number of benzene rings is 1. The van der Waals surface area contributed by atoms with Gasteiger partial charge in [-0.3, -0.25) is 9.69 Å². The third kappa shape index (κ3) is 3.50. The first-order valence-corrected chi connectivity index (χ1v) is 9.96. The molecule has 0 aliphatic carbocycles. The summed E-state index contributed by atoms with van der Waals surface area (Å²) in [6.45, 7) is 6.19. The van der Waals surface area contributed by atoms with Gasteiger partial charge in [0.15, 0.2) is 0 Å². The van der Waals surface area contributed by atoms with E-state index in [9.17, 15) is 4.79 Å². The second-order valence-corrected chi connectivity index (χ2v) is 8.21. The fraction of sp³-hybridized carbons (Fsp3) is 0.650. The Hall–Kier alpha value is -1.14. The number of likely N-dealkylation sites (tertiary alicyclic amines) is 1. The van der Waals surface area contributed by atoms with Crippen LogP contribution in [0.1, 0.15) is 25.3 Å². The number of amides is 1. The highest BCUT2D eigenvalue weighted by molar-refractivity contribution is 6.30. The van der Waals surface area contributed by atoms with Crippen LogP contribution in [0.5, 0.6) is 0 Å². The number of carbonyl (C=O) groups excluding carboxylic acids is 1. The number of nitrogens with zero attached hydrogens (tertiary/aromatic N) is 1. The second-order valence-electron chi connectivity index (χ2n) is 7.77. The van der Waals surface area contributed by atoms with Gasteiger partial charge in [-0.2, -0.15) is 0 Å². The van der Waals surface area contributed by atoms with E-state index in [1.54, 1.807) is 0 Å². The standard InChI is InChI=1S/C20H27ClN2O3/c1-2-25-12-19(24)22-9-16-17-11-23(10-14-4-3-5-15(21)8-14)13-20(17)7-6-18(16)26-20/h3-5,8,16-18H,2,6-7,9-13H2,1H3,(H,22,24)/t16-,17+,18+,20+/m0/s1. The van der Waals surface area contributed by atoms with Gasteiger partial charge in [-0.1, -0.05) is 23.7 Å². The summed E-state index contributed by atoms with van der Waals surface area (Å²) < 4.78 is 11.6. The van der Waals surface area contributed by atoms with Gasteiger partial charge >= 0.3 is 0 Å². The topological polar surface area (TPSA) is 50.8 Å². The molecule has 1 amide bonds. The van der Waals surface area contributed by atoms with Crippen molar-refractivity contribution in [2.45, 2.75) is 38.0 Å². The largest absolute Gasteiger partial charge is 0.372 e. The van der Waals surface area contributed by atoms with Crippen LogP contribution in [-0.2, 0) is 20.8 Å². The number of nitrogens with one attached hydrogen (secondary N) is 1. The maximum absolute atomic E-state index is 11.9. The Morgan fingerprint density at radius 3 is 3.19 bits per heavy atom. The Kier molecular flexibility index (Phi) is 5.24. The number of fused-ring (bicyclic) bond motifs is 1. The number of carbonyl (C=O) groups is 1. The van der Waals surface area contributed by atoms with Crippen molar-refractivity contribution >= 4 is 17.5 Å². The predicted molar refractivity (Wildman–Crippen MR) is 100 cm³/mol. The fourth-order valence-corrected chi connectivity index (χ4v) is 5.26. The van der Waals surface area contributed by atoms with Gasteiger partial charge in [0.2, 0.25) is 5.91 Å². The van der Waals surface area contributed by atoms with E-state index in [0.717, 1.165) is 37.5 Å². The molecule has 142 valence electrons. The Balaban J connectivity index is 1.37. The van der Waals surface area contributed by atoms with E-state index in [4.69, 9.17) is 21.1 Å². The molecule has 5 nitrogen and oxygen atoms in total. The van der Waals surface area contributed by atoms with E-state index in [0.29, 0.717) is 31.1 Å². The molecular formula is C20H27ClN2O3. The first kappa shape index (κ1) is 18.2.